The Hall–Kier alpha value is -0.710. The van der Waals surface area contributed by atoms with Crippen molar-refractivity contribution in [3.05, 3.63) is 0 Å². The van der Waals surface area contributed by atoms with Gasteiger partial charge >= 0.3 is 6.03 Å². The first-order valence-corrected chi connectivity index (χ1v) is 6.31. The Bertz CT molecular complexity index is 281. The Labute approximate surface area is 94.8 Å². The zero-order valence-corrected chi connectivity index (χ0v) is 10.5. The molecule has 0 spiro atoms. The van der Waals surface area contributed by atoms with Crippen LogP contribution in [0.5, 0.6) is 0 Å². The monoisotopic (exact) mass is 230 g/mol. The summed E-state index contributed by atoms with van der Waals surface area (Å²) in [5.41, 5.74) is -0.689. The van der Waals surface area contributed by atoms with E-state index < -0.39 is 5.54 Å². The van der Waals surface area contributed by atoms with Gasteiger partial charge in [0.25, 0.3) is 5.91 Å². The minimum absolute atomic E-state index is 0.0407. The Morgan fingerprint density at radius 1 is 1.47 bits per heavy atom. The molecule has 5 heteroatoms. The van der Waals surface area contributed by atoms with Crippen molar-refractivity contribution in [2.45, 2.75) is 39.3 Å². The number of hydrogen-bond donors (Lipinski definition) is 1. The number of amides is 3. The Morgan fingerprint density at radius 3 is 2.53 bits per heavy atom. The van der Waals surface area contributed by atoms with E-state index in [1.165, 1.54) is 0 Å². The third kappa shape index (κ3) is 2.12. The van der Waals surface area contributed by atoms with Crippen molar-refractivity contribution >= 4 is 23.7 Å². The molecule has 1 fully saturated rings. The maximum absolute atomic E-state index is 11.7. The van der Waals surface area contributed by atoms with Crippen LogP contribution in [-0.4, -0.2) is 39.9 Å². The standard InChI is InChI=1S/C10H18N2O2S/c1-5-15-6-10(4)8(13)11-9(14)12(10)7(2)3/h7H,5-6H2,1-4H3,(H,11,13,14)/t10-/m1/s1. The van der Waals surface area contributed by atoms with E-state index in [1.54, 1.807) is 16.7 Å². The number of thioether (sulfide) groups is 1. The van der Waals surface area contributed by atoms with Crippen LogP contribution in [0.2, 0.25) is 0 Å². The van der Waals surface area contributed by atoms with Crippen molar-refractivity contribution in [2.75, 3.05) is 11.5 Å². The SMILES string of the molecule is CCSC[C@]1(C)C(=O)NC(=O)N1C(C)C. The van der Waals surface area contributed by atoms with E-state index in [0.717, 1.165) is 5.75 Å². The molecule has 1 saturated heterocycles. The molecule has 15 heavy (non-hydrogen) atoms. The van der Waals surface area contributed by atoms with E-state index in [9.17, 15) is 9.59 Å². The fourth-order valence-electron chi connectivity index (χ4n) is 1.87. The maximum Gasteiger partial charge on any atom is 0.325 e. The molecule has 1 aliphatic heterocycles. The second-order valence-corrected chi connectivity index (χ2v) is 5.41. The molecule has 0 radical (unpaired) electrons. The average molecular weight is 230 g/mol. The van der Waals surface area contributed by atoms with Crippen LogP contribution in [0, 0.1) is 0 Å². The third-order valence-corrected chi connectivity index (χ3v) is 3.74. The van der Waals surface area contributed by atoms with E-state index in [2.05, 4.69) is 5.32 Å². The molecule has 0 saturated carbocycles. The van der Waals surface area contributed by atoms with Gasteiger partial charge in [0.2, 0.25) is 0 Å². The molecule has 0 aromatic heterocycles. The molecule has 1 aliphatic rings. The van der Waals surface area contributed by atoms with Gasteiger partial charge in [0, 0.05) is 11.8 Å². The molecule has 0 aliphatic carbocycles. The van der Waals surface area contributed by atoms with Gasteiger partial charge in [0.1, 0.15) is 5.54 Å². The summed E-state index contributed by atoms with van der Waals surface area (Å²) in [5, 5.41) is 2.38. The maximum atomic E-state index is 11.7. The fourth-order valence-corrected chi connectivity index (χ4v) is 2.74. The highest BCUT2D eigenvalue weighted by Crippen LogP contribution is 2.27. The number of carbonyl (C=O) groups excluding carboxylic acids is 2. The summed E-state index contributed by atoms with van der Waals surface area (Å²) in [6.07, 6.45) is 0. The Morgan fingerprint density at radius 2 is 2.07 bits per heavy atom. The van der Waals surface area contributed by atoms with Crippen LogP contribution in [0.4, 0.5) is 4.79 Å². The largest absolute Gasteiger partial charge is 0.325 e. The van der Waals surface area contributed by atoms with Crippen molar-refractivity contribution in [3.8, 4) is 0 Å². The summed E-state index contributed by atoms with van der Waals surface area (Å²) in [6.45, 7) is 7.72. The molecule has 4 nitrogen and oxygen atoms in total. The van der Waals surface area contributed by atoms with Gasteiger partial charge in [-0.05, 0) is 26.5 Å². The summed E-state index contributed by atoms with van der Waals surface area (Å²) < 4.78 is 0. The average Bonchev–Trinajstić information content (AvgIpc) is 2.35. The molecule has 0 aromatic rings. The van der Waals surface area contributed by atoms with Crippen molar-refractivity contribution in [2.24, 2.45) is 0 Å². The summed E-state index contributed by atoms with van der Waals surface area (Å²) in [6, 6.07) is -0.229. The smallest absolute Gasteiger partial charge is 0.307 e. The van der Waals surface area contributed by atoms with E-state index >= 15 is 0 Å². The zero-order chi connectivity index (χ0) is 11.6. The predicted octanol–water partition coefficient (Wildman–Crippen LogP) is 1.46. The van der Waals surface area contributed by atoms with E-state index in [0.29, 0.717) is 5.75 Å². The van der Waals surface area contributed by atoms with Gasteiger partial charge in [-0.1, -0.05) is 6.92 Å². The number of hydrogen-bond acceptors (Lipinski definition) is 3. The third-order valence-electron chi connectivity index (χ3n) is 2.56. The lowest BCUT2D eigenvalue weighted by molar-refractivity contribution is -0.125. The number of imide groups is 1. The highest BCUT2D eigenvalue weighted by Gasteiger charge is 2.49. The van der Waals surface area contributed by atoms with Crippen LogP contribution in [0.3, 0.4) is 0 Å². The van der Waals surface area contributed by atoms with Gasteiger partial charge in [-0.3, -0.25) is 10.1 Å². The summed E-state index contributed by atoms with van der Waals surface area (Å²) in [7, 11) is 0. The molecule has 3 amide bonds. The number of urea groups is 1. The molecule has 86 valence electrons. The van der Waals surface area contributed by atoms with Gasteiger partial charge in [-0.2, -0.15) is 11.8 Å². The number of nitrogens with one attached hydrogen (secondary N) is 1. The minimum atomic E-state index is -0.689. The van der Waals surface area contributed by atoms with E-state index in [1.807, 2.05) is 27.7 Å². The van der Waals surface area contributed by atoms with Crippen LogP contribution >= 0.6 is 11.8 Å². The first-order valence-electron chi connectivity index (χ1n) is 5.16. The van der Waals surface area contributed by atoms with Gasteiger partial charge < -0.3 is 4.90 Å². The number of carbonyl (C=O) groups is 2. The van der Waals surface area contributed by atoms with Gasteiger partial charge in [-0.25, -0.2) is 4.79 Å². The molecule has 1 heterocycles. The van der Waals surface area contributed by atoms with Crippen LogP contribution in [0.15, 0.2) is 0 Å². The summed E-state index contributed by atoms with van der Waals surface area (Å²) in [4.78, 5) is 25.0. The molecule has 1 atom stereocenters. The molecule has 1 N–H and O–H groups in total. The second kappa shape index (κ2) is 4.43. The van der Waals surface area contributed by atoms with E-state index in [-0.39, 0.29) is 18.0 Å². The molecule has 1 rings (SSSR count). The molecular weight excluding hydrogens is 212 g/mol. The summed E-state index contributed by atoms with van der Waals surface area (Å²) in [5.74, 6) is 1.42. The first-order chi connectivity index (χ1) is 6.93. The highest BCUT2D eigenvalue weighted by atomic mass is 32.2. The highest BCUT2D eigenvalue weighted by molar-refractivity contribution is 7.99. The topological polar surface area (TPSA) is 49.4 Å². The lowest BCUT2D eigenvalue weighted by Crippen LogP contribution is -2.52. The lowest BCUT2D eigenvalue weighted by Gasteiger charge is -2.34. The van der Waals surface area contributed by atoms with Crippen LogP contribution in [0.1, 0.15) is 27.7 Å². The predicted molar refractivity (Wildman–Crippen MR) is 61.9 cm³/mol. The minimum Gasteiger partial charge on any atom is -0.307 e. The Balaban J connectivity index is 2.90. The molecular formula is C10H18N2O2S. The molecule has 0 unspecified atom stereocenters. The van der Waals surface area contributed by atoms with Gasteiger partial charge in [-0.15, -0.1) is 0 Å². The molecule has 0 bridgehead atoms. The first kappa shape index (κ1) is 12.4. The van der Waals surface area contributed by atoms with Crippen LogP contribution < -0.4 is 5.32 Å². The Kier molecular flexibility index (Phi) is 3.65. The quantitative estimate of drug-likeness (QED) is 0.744. The van der Waals surface area contributed by atoms with Crippen LogP contribution in [-0.2, 0) is 4.79 Å². The lowest BCUT2D eigenvalue weighted by atomic mass is 10.0. The van der Waals surface area contributed by atoms with Crippen molar-refractivity contribution in [1.29, 1.82) is 0 Å². The van der Waals surface area contributed by atoms with Crippen molar-refractivity contribution in [1.82, 2.24) is 10.2 Å². The van der Waals surface area contributed by atoms with E-state index in [4.69, 9.17) is 0 Å². The number of rotatable bonds is 4. The van der Waals surface area contributed by atoms with Crippen molar-refractivity contribution < 1.29 is 9.59 Å². The molecule has 0 aromatic carbocycles. The fraction of sp³-hybridized carbons (Fsp3) is 0.800. The van der Waals surface area contributed by atoms with Gasteiger partial charge in [0.05, 0.1) is 0 Å². The second-order valence-electron chi connectivity index (χ2n) is 4.13. The normalized spacial score (nSPS) is 26.3. The van der Waals surface area contributed by atoms with Crippen LogP contribution in [0.25, 0.3) is 0 Å². The zero-order valence-electron chi connectivity index (χ0n) is 9.66. The summed E-state index contributed by atoms with van der Waals surface area (Å²) >= 11 is 1.68. The van der Waals surface area contributed by atoms with Crippen molar-refractivity contribution in [3.63, 3.8) is 0 Å². The number of nitrogens with zero attached hydrogens (tertiary/aromatic N) is 1. The van der Waals surface area contributed by atoms with Gasteiger partial charge in [0.15, 0.2) is 0 Å².